The number of rotatable bonds is 4. The van der Waals surface area contributed by atoms with Gasteiger partial charge >= 0.3 is 6.03 Å². The smallest absolute Gasteiger partial charge is 0.339 e. The molecule has 8 heteroatoms. The van der Waals surface area contributed by atoms with E-state index in [2.05, 4.69) is 47.7 Å². The van der Waals surface area contributed by atoms with Crippen LogP contribution in [-0.4, -0.2) is 24.5 Å². The Balaban J connectivity index is 2.08. The van der Waals surface area contributed by atoms with E-state index in [0.717, 1.165) is 5.56 Å². The molecule has 0 bridgehead atoms. The summed E-state index contributed by atoms with van der Waals surface area (Å²) in [6, 6.07) is 8.57. The highest BCUT2D eigenvalue weighted by Crippen LogP contribution is 2.41. The highest BCUT2D eigenvalue weighted by atomic mass is 79.9. The number of hydrazone groups is 1. The van der Waals surface area contributed by atoms with E-state index in [-0.39, 0.29) is 11.5 Å². The number of hydrogen-bond donors (Lipinski definition) is 3. The molecule has 0 atom stereocenters. The van der Waals surface area contributed by atoms with Crippen molar-refractivity contribution in [2.45, 2.75) is 6.92 Å². The first-order valence-electron chi connectivity index (χ1n) is 6.84. The molecule has 0 saturated heterocycles. The molecule has 126 valence electrons. The average Bonchev–Trinajstić information content (AvgIpc) is 2.57. The van der Waals surface area contributed by atoms with E-state index in [4.69, 9.17) is 4.74 Å². The van der Waals surface area contributed by atoms with Crippen LogP contribution >= 0.6 is 31.9 Å². The van der Waals surface area contributed by atoms with E-state index < -0.39 is 6.03 Å². The summed E-state index contributed by atoms with van der Waals surface area (Å²) in [5, 5.41) is 16.5. The van der Waals surface area contributed by atoms with Gasteiger partial charge in [-0.3, -0.25) is 0 Å². The van der Waals surface area contributed by atoms with Gasteiger partial charge in [0.2, 0.25) is 0 Å². The largest absolute Gasteiger partial charge is 0.503 e. The Labute approximate surface area is 156 Å². The fourth-order valence-corrected chi connectivity index (χ4v) is 2.71. The Morgan fingerprint density at radius 3 is 2.67 bits per heavy atom. The van der Waals surface area contributed by atoms with Crippen LogP contribution in [0.4, 0.5) is 10.5 Å². The fraction of sp³-hybridized carbons (Fsp3) is 0.125. The van der Waals surface area contributed by atoms with Crippen LogP contribution < -0.4 is 15.5 Å². The molecule has 2 amide bonds. The van der Waals surface area contributed by atoms with Crippen LogP contribution in [0.25, 0.3) is 0 Å². The van der Waals surface area contributed by atoms with Crippen LogP contribution in [0.3, 0.4) is 0 Å². The van der Waals surface area contributed by atoms with Gasteiger partial charge in [-0.2, -0.15) is 5.10 Å². The van der Waals surface area contributed by atoms with Crippen molar-refractivity contribution < 1.29 is 14.6 Å². The van der Waals surface area contributed by atoms with E-state index >= 15 is 0 Å². The summed E-state index contributed by atoms with van der Waals surface area (Å²) >= 11 is 6.60. The molecule has 0 aliphatic rings. The maximum atomic E-state index is 11.9. The van der Waals surface area contributed by atoms with Gasteiger partial charge < -0.3 is 15.2 Å². The maximum Gasteiger partial charge on any atom is 0.339 e. The molecular weight excluding hydrogens is 442 g/mol. The summed E-state index contributed by atoms with van der Waals surface area (Å²) in [5.41, 5.74) is 4.66. The summed E-state index contributed by atoms with van der Waals surface area (Å²) in [7, 11) is 1.45. The number of phenolic OH excluding ortho intramolecular Hbond substituents is 1. The predicted molar refractivity (Wildman–Crippen MR) is 101 cm³/mol. The molecule has 0 spiro atoms. The summed E-state index contributed by atoms with van der Waals surface area (Å²) in [6.07, 6.45) is 1.44. The van der Waals surface area contributed by atoms with Crippen molar-refractivity contribution in [1.29, 1.82) is 0 Å². The van der Waals surface area contributed by atoms with Gasteiger partial charge in [-0.25, -0.2) is 10.2 Å². The third-order valence-electron chi connectivity index (χ3n) is 3.16. The minimum absolute atomic E-state index is 0.0215. The quantitative estimate of drug-likeness (QED) is 0.471. The van der Waals surface area contributed by atoms with E-state index in [1.54, 1.807) is 12.1 Å². The number of urea groups is 1. The first-order chi connectivity index (χ1) is 11.4. The zero-order valence-electron chi connectivity index (χ0n) is 12.9. The number of phenols is 1. The molecule has 0 fully saturated rings. The number of hydrogen-bond acceptors (Lipinski definition) is 4. The molecule has 2 aromatic carbocycles. The van der Waals surface area contributed by atoms with Crippen molar-refractivity contribution in [2.75, 3.05) is 12.4 Å². The molecule has 0 aromatic heterocycles. The van der Waals surface area contributed by atoms with Crippen LogP contribution in [-0.2, 0) is 0 Å². The van der Waals surface area contributed by atoms with Crippen molar-refractivity contribution in [3.05, 3.63) is 50.4 Å². The van der Waals surface area contributed by atoms with E-state index in [1.165, 1.54) is 13.3 Å². The number of nitrogens with one attached hydrogen (secondary N) is 2. The Morgan fingerprint density at radius 1 is 1.29 bits per heavy atom. The SMILES string of the molecule is COc1cc(C=NNC(=O)Nc2ccccc2C)c(Br)c(Br)c1O. The van der Waals surface area contributed by atoms with E-state index in [1.807, 2.05) is 25.1 Å². The molecule has 0 aliphatic carbocycles. The second kappa shape index (κ2) is 8.16. The van der Waals surface area contributed by atoms with Crippen molar-refractivity contribution in [1.82, 2.24) is 5.43 Å². The lowest BCUT2D eigenvalue weighted by Gasteiger charge is -2.09. The molecule has 0 heterocycles. The summed E-state index contributed by atoms with van der Waals surface area (Å²) in [4.78, 5) is 11.9. The number of halogens is 2. The summed E-state index contributed by atoms with van der Waals surface area (Å²) in [5.74, 6) is 0.266. The number of amides is 2. The lowest BCUT2D eigenvalue weighted by atomic mass is 10.2. The van der Waals surface area contributed by atoms with Gasteiger partial charge in [0.25, 0.3) is 0 Å². The lowest BCUT2D eigenvalue weighted by Crippen LogP contribution is -2.24. The van der Waals surface area contributed by atoms with Gasteiger partial charge in [-0.15, -0.1) is 0 Å². The average molecular weight is 457 g/mol. The van der Waals surface area contributed by atoms with Gasteiger partial charge in [0.15, 0.2) is 11.5 Å². The van der Waals surface area contributed by atoms with Crippen molar-refractivity contribution in [3.8, 4) is 11.5 Å². The number of anilines is 1. The lowest BCUT2D eigenvalue weighted by molar-refractivity contribution is 0.252. The number of benzene rings is 2. The van der Waals surface area contributed by atoms with Gasteiger partial charge in [0.05, 0.1) is 17.8 Å². The number of carbonyl (C=O) groups excluding carboxylic acids is 1. The molecule has 0 unspecified atom stereocenters. The maximum absolute atomic E-state index is 11.9. The molecule has 0 radical (unpaired) electrons. The summed E-state index contributed by atoms with van der Waals surface area (Å²) < 4.78 is 6.11. The van der Waals surface area contributed by atoms with Gasteiger partial charge in [-0.1, -0.05) is 18.2 Å². The molecule has 24 heavy (non-hydrogen) atoms. The first kappa shape index (κ1) is 18.3. The highest BCUT2D eigenvalue weighted by molar-refractivity contribution is 9.13. The molecule has 2 aromatic rings. The van der Waals surface area contributed by atoms with Crippen molar-refractivity contribution >= 4 is 49.8 Å². The highest BCUT2D eigenvalue weighted by Gasteiger charge is 2.13. The van der Waals surface area contributed by atoms with Crippen LogP contribution in [0, 0.1) is 6.92 Å². The van der Waals surface area contributed by atoms with Gasteiger partial charge in [0, 0.05) is 15.7 Å². The Morgan fingerprint density at radius 2 is 2.00 bits per heavy atom. The topological polar surface area (TPSA) is 83.0 Å². The number of carbonyl (C=O) groups is 1. The molecule has 0 aliphatic heterocycles. The first-order valence-corrected chi connectivity index (χ1v) is 8.43. The van der Waals surface area contributed by atoms with Gasteiger partial charge in [0.1, 0.15) is 0 Å². The van der Waals surface area contributed by atoms with E-state index in [0.29, 0.717) is 20.2 Å². The van der Waals surface area contributed by atoms with E-state index in [9.17, 15) is 9.90 Å². The number of nitrogens with zero attached hydrogens (tertiary/aromatic N) is 1. The number of para-hydroxylation sites is 1. The Hall–Kier alpha value is -2.06. The van der Waals surface area contributed by atoms with Gasteiger partial charge in [-0.05, 0) is 56.5 Å². The standard InChI is InChI=1S/C16H15Br2N3O3/c1-9-5-3-4-6-11(9)20-16(23)21-19-8-10-7-12(24-2)15(22)14(18)13(10)17/h3-8,22H,1-2H3,(H2,20,21,23). The molecule has 0 saturated carbocycles. The monoisotopic (exact) mass is 455 g/mol. The molecular formula is C16H15Br2N3O3. The minimum Gasteiger partial charge on any atom is -0.503 e. The van der Waals surface area contributed by atoms with Crippen LogP contribution in [0.15, 0.2) is 44.4 Å². The number of methoxy groups -OCH3 is 1. The third kappa shape index (κ3) is 4.27. The second-order valence-corrected chi connectivity index (χ2v) is 6.37. The zero-order valence-corrected chi connectivity index (χ0v) is 16.1. The normalized spacial score (nSPS) is 10.7. The molecule has 2 rings (SSSR count). The molecule has 6 nitrogen and oxygen atoms in total. The number of aromatic hydroxyl groups is 1. The second-order valence-electron chi connectivity index (χ2n) is 4.78. The van der Waals surface area contributed by atoms with Crippen LogP contribution in [0.1, 0.15) is 11.1 Å². The number of aryl methyl sites for hydroxylation is 1. The third-order valence-corrected chi connectivity index (χ3v) is 5.32. The Bertz CT molecular complexity index is 794. The molecule has 3 N–H and O–H groups in total. The Kier molecular flexibility index (Phi) is 6.22. The zero-order chi connectivity index (χ0) is 17.7. The minimum atomic E-state index is -0.457. The van der Waals surface area contributed by atoms with Crippen LogP contribution in [0.2, 0.25) is 0 Å². The predicted octanol–water partition coefficient (Wildman–Crippen LogP) is 4.39. The number of ether oxygens (including phenoxy) is 1. The van der Waals surface area contributed by atoms with Crippen molar-refractivity contribution in [3.63, 3.8) is 0 Å². The van der Waals surface area contributed by atoms with Crippen LogP contribution in [0.5, 0.6) is 11.5 Å². The fourth-order valence-electron chi connectivity index (χ4n) is 1.89. The summed E-state index contributed by atoms with van der Waals surface area (Å²) in [6.45, 7) is 1.90. The van der Waals surface area contributed by atoms with Crippen molar-refractivity contribution in [2.24, 2.45) is 5.10 Å².